The van der Waals surface area contributed by atoms with E-state index in [-0.39, 0.29) is 0 Å². The lowest BCUT2D eigenvalue weighted by Crippen LogP contribution is -2.50. The molecule has 0 aromatic heterocycles. The van der Waals surface area contributed by atoms with E-state index in [0.29, 0.717) is 12.3 Å². The Bertz CT molecular complexity index is 175. The summed E-state index contributed by atoms with van der Waals surface area (Å²) in [6.45, 7) is 2.40. The summed E-state index contributed by atoms with van der Waals surface area (Å²) >= 11 is 0. The highest BCUT2D eigenvalue weighted by molar-refractivity contribution is 4.98. The molecule has 3 N–H and O–H groups in total. The number of piperidine rings is 2. The zero-order chi connectivity index (χ0) is 8.67. The molecule has 0 aromatic rings. The van der Waals surface area contributed by atoms with E-state index in [1.165, 1.54) is 38.8 Å². The van der Waals surface area contributed by atoms with Gasteiger partial charge in [0.05, 0.1) is 12.3 Å². The fourth-order valence-electron chi connectivity index (χ4n) is 3.31. The normalized spacial score (nSPS) is 49.8. The van der Waals surface area contributed by atoms with Crippen molar-refractivity contribution in [2.45, 2.75) is 38.0 Å². The monoisotopic (exact) mass is 181 g/mol. The van der Waals surface area contributed by atoms with E-state index in [9.17, 15) is 0 Å². The van der Waals surface area contributed by atoms with Gasteiger partial charge in [-0.05, 0) is 50.6 Å². The smallest absolute Gasteiger partial charge is 0.0616 e. The maximum atomic E-state index is 3.67. The van der Waals surface area contributed by atoms with Crippen molar-refractivity contribution in [3.05, 3.63) is 0 Å². The first kappa shape index (κ1) is 8.21. The summed E-state index contributed by atoms with van der Waals surface area (Å²) in [6, 6.07) is 0. The van der Waals surface area contributed by atoms with Crippen LogP contribution in [0.2, 0.25) is 0 Å². The van der Waals surface area contributed by atoms with Crippen molar-refractivity contribution in [3.63, 3.8) is 0 Å². The Hall–Kier alpha value is -0.120. The van der Waals surface area contributed by atoms with Gasteiger partial charge in [-0.2, -0.15) is 0 Å². The highest BCUT2D eigenvalue weighted by Crippen LogP contribution is 2.35. The van der Waals surface area contributed by atoms with Crippen molar-refractivity contribution >= 4 is 0 Å². The van der Waals surface area contributed by atoms with Crippen molar-refractivity contribution in [2.24, 2.45) is 11.8 Å². The molecule has 3 aliphatic heterocycles. The van der Waals surface area contributed by atoms with Crippen LogP contribution in [0.4, 0.5) is 0 Å². The van der Waals surface area contributed by atoms with E-state index in [4.69, 9.17) is 0 Å². The summed E-state index contributed by atoms with van der Waals surface area (Å²) in [5, 5.41) is 10.8. The first-order valence-electron chi connectivity index (χ1n) is 5.68. The van der Waals surface area contributed by atoms with Crippen LogP contribution in [0, 0.1) is 11.8 Å². The van der Waals surface area contributed by atoms with Crippen molar-refractivity contribution in [1.82, 2.24) is 16.0 Å². The van der Waals surface area contributed by atoms with Crippen molar-refractivity contribution < 1.29 is 0 Å². The number of nitrogens with one attached hydrogen (secondary N) is 3. The summed E-state index contributed by atoms with van der Waals surface area (Å²) < 4.78 is 0. The number of rotatable bonds is 0. The molecule has 0 amide bonds. The molecule has 4 unspecified atom stereocenters. The Morgan fingerprint density at radius 1 is 0.769 bits per heavy atom. The summed E-state index contributed by atoms with van der Waals surface area (Å²) in [5.41, 5.74) is 0. The molecule has 0 aliphatic carbocycles. The Morgan fingerprint density at radius 2 is 1.31 bits per heavy atom. The van der Waals surface area contributed by atoms with Crippen LogP contribution in [-0.2, 0) is 0 Å². The van der Waals surface area contributed by atoms with Gasteiger partial charge in [-0.25, -0.2) is 0 Å². The second kappa shape index (κ2) is 3.23. The largest absolute Gasteiger partial charge is 0.302 e. The zero-order valence-corrected chi connectivity index (χ0v) is 8.05. The van der Waals surface area contributed by atoms with Gasteiger partial charge in [0.1, 0.15) is 0 Å². The quantitative estimate of drug-likeness (QED) is 0.501. The Kier molecular flexibility index (Phi) is 2.04. The van der Waals surface area contributed by atoms with Gasteiger partial charge in [0.25, 0.3) is 0 Å². The summed E-state index contributed by atoms with van der Waals surface area (Å²) in [5.74, 6) is 1.79. The summed E-state index contributed by atoms with van der Waals surface area (Å²) in [6.07, 6.45) is 6.79. The predicted octanol–water partition coefficient (Wildman–Crippen LogP) is 0.241. The van der Waals surface area contributed by atoms with Gasteiger partial charge in [0.2, 0.25) is 0 Å². The van der Waals surface area contributed by atoms with E-state index in [1.807, 2.05) is 0 Å². The van der Waals surface area contributed by atoms with Gasteiger partial charge >= 0.3 is 0 Å². The Morgan fingerprint density at radius 3 is 1.85 bits per heavy atom. The van der Waals surface area contributed by atoms with Crippen LogP contribution in [0.25, 0.3) is 0 Å². The van der Waals surface area contributed by atoms with Crippen LogP contribution in [0.5, 0.6) is 0 Å². The number of hydrogen-bond donors (Lipinski definition) is 3. The van der Waals surface area contributed by atoms with Crippen LogP contribution in [0.3, 0.4) is 0 Å². The van der Waals surface area contributed by atoms with E-state index < -0.39 is 0 Å². The maximum Gasteiger partial charge on any atom is 0.0616 e. The highest BCUT2D eigenvalue weighted by atomic mass is 15.3. The minimum Gasteiger partial charge on any atom is -0.302 e. The zero-order valence-electron chi connectivity index (χ0n) is 8.05. The molecule has 0 saturated carbocycles. The molecule has 3 rings (SSSR count). The van der Waals surface area contributed by atoms with E-state index in [2.05, 4.69) is 16.0 Å². The van der Waals surface area contributed by atoms with E-state index >= 15 is 0 Å². The lowest BCUT2D eigenvalue weighted by Gasteiger charge is -2.31. The molecule has 0 radical (unpaired) electrons. The van der Waals surface area contributed by atoms with E-state index in [1.54, 1.807) is 0 Å². The molecule has 3 nitrogen and oxygen atoms in total. The lowest BCUT2D eigenvalue weighted by atomic mass is 9.82. The third-order valence-electron chi connectivity index (χ3n) is 3.92. The van der Waals surface area contributed by atoms with Crippen LogP contribution < -0.4 is 16.0 Å². The van der Waals surface area contributed by atoms with Gasteiger partial charge < -0.3 is 10.6 Å². The molecule has 0 aromatic carbocycles. The van der Waals surface area contributed by atoms with Crippen LogP contribution in [-0.4, -0.2) is 25.4 Å². The fourth-order valence-corrected chi connectivity index (χ4v) is 3.31. The highest BCUT2D eigenvalue weighted by Gasteiger charge is 2.44. The molecule has 3 heteroatoms. The molecule has 4 atom stereocenters. The van der Waals surface area contributed by atoms with E-state index in [0.717, 1.165) is 11.8 Å². The second-order valence-electron chi connectivity index (χ2n) is 4.64. The van der Waals surface area contributed by atoms with Gasteiger partial charge in [-0.1, -0.05) is 0 Å². The summed E-state index contributed by atoms with van der Waals surface area (Å²) in [4.78, 5) is 0. The topological polar surface area (TPSA) is 36.1 Å². The molecule has 3 saturated heterocycles. The molecule has 3 aliphatic rings. The minimum atomic E-state index is 0.606. The van der Waals surface area contributed by atoms with Gasteiger partial charge in [0, 0.05) is 0 Å². The van der Waals surface area contributed by atoms with Crippen molar-refractivity contribution in [3.8, 4) is 0 Å². The third-order valence-corrected chi connectivity index (χ3v) is 3.92. The fraction of sp³-hybridized carbons (Fsp3) is 1.00. The number of hydrogen-bond acceptors (Lipinski definition) is 3. The van der Waals surface area contributed by atoms with Gasteiger partial charge in [0.15, 0.2) is 0 Å². The average Bonchev–Trinajstić information content (AvgIpc) is 2.56. The van der Waals surface area contributed by atoms with Crippen molar-refractivity contribution in [2.75, 3.05) is 13.1 Å². The minimum absolute atomic E-state index is 0.606. The standard InChI is InChI=1S/C10H19N3/c1-3-7-8-4-2-6-12-10(8)13-9(7)11-5-1/h7-13H,1-6H2. The maximum absolute atomic E-state index is 3.67. The first-order valence-corrected chi connectivity index (χ1v) is 5.68. The van der Waals surface area contributed by atoms with Gasteiger partial charge in [-0.3, -0.25) is 5.32 Å². The molecule has 3 heterocycles. The number of fused-ring (bicyclic) bond motifs is 3. The van der Waals surface area contributed by atoms with Crippen LogP contribution in [0.1, 0.15) is 25.7 Å². The van der Waals surface area contributed by atoms with Crippen molar-refractivity contribution in [1.29, 1.82) is 0 Å². The Balaban J connectivity index is 1.76. The molecule has 0 bridgehead atoms. The molecule has 74 valence electrons. The van der Waals surface area contributed by atoms with Crippen LogP contribution in [0.15, 0.2) is 0 Å². The molecular formula is C10H19N3. The lowest BCUT2D eigenvalue weighted by molar-refractivity contribution is 0.217. The molecule has 3 fully saturated rings. The van der Waals surface area contributed by atoms with Crippen LogP contribution >= 0.6 is 0 Å². The Labute approximate surface area is 79.7 Å². The predicted molar refractivity (Wildman–Crippen MR) is 52.2 cm³/mol. The molecule has 0 spiro atoms. The second-order valence-corrected chi connectivity index (χ2v) is 4.64. The molecular weight excluding hydrogens is 162 g/mol. The average molecular weight is 181 g/mol. The summed E-state index contributed by atoms with van der Waals surface area (Å²) in [7, 11) is 0. The first-order chi connectivity index (χ1) is 6.45. The van der Waals surface area contributed by atoms with Gasteiger partial charge in [-0.15, -0.1) is 0 Å². The molecule has 13 heavy (non-hydrogen) atoms. The SMILES string of the molecule is C1CNC2NC3NCCCC3C2C1. The third kappa shape index (κ3) is 1.30.